The molecule has 1 saturated heterocycles. The minimum Gasteiger partial charge on any atom is -0.495 e. The van der Waals surface area contributed by atoms with Crippen LogP contribution in [0.3, 0.4) is 0 Å². The van der Waals surface area contributed by atoms with Crippen molar-refractivity contribution in [2.24, 2.45) is 0 Å². The maximum Gasteiger partial charge on any atom is 0.416 e. The lowest BCUT2D eigenvalue weighted by Gasteiger charge is -2.29. The monoisotopic (exact) mass is 615 g/mol. The van der Waals surface area contributed by atoms with Gasteiger partial charge in [-0.2, -0.15) is 13.2 Å². The molecule has 8 nitrogen and oxygen atoms in total. The molecule has 2 atom stereocenters. The molecule has 2 aromatic heterocycles. The third-order valence-corrected chi connectivity index (χ3v) is 7.98. The number of sulfonamides is 1. The van der Waals surface area contributed by atoms with E-state index in [9.17, 15) is 21.6 Å². The van der Waals surface area contributed by atoms with Crippen molar-refractivity contribution in [1.29, 1.82) is 0 Å². The number of anilines is 2. The Hall–Kier alpha value is -4.10. The van der Waals surface area contributed by atoms with Crippen LogP contribution in [0.4, 0.5) is 24.5 Å². The number of ether oxygens (including phenoxy) is 1. The fraction of sp³-hybridized carbons (Fsp3) is 0.241. The Morgan fingerprint density at radius 1 is 1.02 bits per heavy atom. The van der Waals surface area contributed by atoms with Crippen LogP contribution in [0.15, 0.2) is 72.9 Å². The van der Waals surface area contributed by atoms with E-state index in [-0.39, 0.29) is 5.69 Å². The van der Waals surface area contributed by atoms with Gasteiger partial charge in [-0.25, -0.2) is 8.42 Å². The molecule has 0 saturated carbocycles. The Balaban J connectivity index is 1.68. The Morgan fingerprint density at radius 3 is 2.43 bits per heavy atom. The van der Waals surface area contributed by atoms with E-state index in [1.807, 2.05) is 36.9 Å². The van der Waals surface area contributed by atoms with Gasteiger partial charge in [-0.05, 0) is 86.2 Å². The molecule has 5 rings (SSSR count). The van der Waals surface area contributed by atoms with E-state index < -0.39 is 33.8 Å². The van der Waals surface area contributed by atoms with Gasteiger partial charge in [0.05, 0.1) is 42.4 Å². The Kier molecular flexibility index (Phi) is 7.66. The van der Waals surface area contributed by atoms with Crippen molar-refractivity contribution < 1.29 is 26.3 Å². The fourth-order valence-electron chi connectivity index (χ4n) is 5.38. The molecule has 0 aliphatic carbocycles. The molecular formula is C29H28F3N5O3S2. The first kappa shape index (κ1) is 29.4. The van der Waals surface area contributed by atoms with E-state index in [0.717, 1.165) is 35.3 Å². The SMILES string of the molecule is COc1ccc(N2C(=S)N[C@H](c3ccccn3)[C@H]2c2cc(C)n(-c3cccc(C(F)(F)F)c3)c2C)cc1NS(C)(=O)=O. The van der Waals surface area contributed by atoms with Crippen molar-refractivity contribution in [3.63, 3.8) is 0 Å². The number of hydrogen-bond acceptors (Lipinski definition) is 5. The van der Waals surface area contributed by atoms with E-state index in [0.29, 0.717) is 27.9 Å². The molecule has 0 radical (unpaired) electrons. The zero-order valence-corrected chi connectivity index (χ0v) is 24.7. The number of hydrogen-bond donors (Lipinski definition) is 2. The number of nitrogens with one attached hydrogen (secondary N) is 2. The van der Waals surface area contributed by atoms with Crippen LogP contribution in [0.2, 0.25) is 0 Å². The summed E-state index contributed by atoms with van der Waals surface area (Å²) in [5.41, 5.74) is 3.41. The van der Waals surface area contributed by atoms with Gasteiger partial charge in [0.2, 0.25) is 10.0 Å². The summed E-state index contributed by atoms with van der Waals surface area (Å²) in [5, 5.41) is 3.73. The summed E-state index contributed by atoms with van der Waals surface area (Å²) >= 11 is 5.81. The van der Waals surface area contributed by atoms with Crippen molar-refractivity contribution >= 4 is 38.7 Å². The first-order valence-corrected chi connectivity index (χ1v) is 15.1. The zero-order chi connectivity index (χ0) is 30.4. The number of pyridine rings is 1. The van der Waals surface area contributed by atoms with Gasteiger partial charge < -0.3 is 19.5 Å². The number of aromatic nitrogens is 2. The normalized spacial score (nSPS) is 17.3. The lowest BCUT2D eigenvalue weighted by Crippen LogP contribution is -2.29. The average molecular weight is 616 g/mol. The molecule has 1 aliphatic rings. The number of rotatable bonds is 7. The Morgan fingerprint density at radius 2 is 1.79 bits per heavy atom. The molecule has 1 fully saturated rings. The summed E-state index contributed by atoms with van der Waals surface area (Å²) in [6, 6.07) is 16.8. The number of nitrogens with zero attached hydrogens (tertiary/aromatic N) is 3. The molecule has 2 N–H and O–H groups in total. The summed E-state index contributed by atoms with van der Waals surface area (Å²) in [6.45, 7) is 3.68. The molecular weight excluding hydrogens is 587 g/mol. The standard InChI is InChI=1S/C29H28F3N5O3S2/c1-17-14-22(18(2)36(17)20-9-7-8-19(15-20)29(30,31)32)27-26(23-10-5-6-13-33-23)34-28(41)37(27)21-11-12-25(40-3)24(16-21)35-42(4,38)39/h5-16,26-27,35H,1-4H3,(H,34,41)/t26-,27-/m1/s1. The second kappa shape index (κ2) is 11.0. The highest BCUT2D eigenvalue weighted by atomic mass is 32.2. The van der Waals surface area contributed by atoms with Crippen molar-refractivity contribution in [3.8, 4) is 11.4 Å². The largest absolute Gasteiger partial charge is 0.495 e. The van der Waals surface area contributed by atoms with Gasteiger partial charge in [0, 0.05) is 29.0 Å². The quantitative estimate of drug-likeness (QED) is 0.244. The van der Waals surface area contributed by atoms with Crippen LogP contribution in [0.25, 0.3) is 5.69 Å². The average Bonchev–Trinajstić information content (AvgIpc) is 3.42. The number of halogens is 3. The lowest BCUT2D eigenvalue weighted by atomic mass is 9.96. The smallest absolute Gasteiger partial charge is 0.416 e. The van der Waals surface area contributed by atoms with Crippen LogP contribution in [0.5, 0.6) is 5.75 Å². The minimum absolute atomic E-state index is 0.231. The molecule has 42 heavy (non-hydrogen) atoms. The molecule has 4 aromatic rings. The second-order valence-corrected chi connectivity index (χ2v) is 12.1. The molecule has 13 heteroatoms. The molecule has 0 spiro atoms. The summed E-state index contributed by atoms with van der Waals surface area (Å²) in [7, 11) is -2.19. The maximum absolute atomic E-state index is 13.5. The number of aryl methyl sites for hydroxylation is 1. The van der Waals surface area contributed by atoms with Crippen molar-refractivity contribution in [2.45, 2.75) is 32.1 Å². The van der Waals surface area contributed by atoms with Crippen LogP contribution in [0.1, 0.15) is 40.3 Å². The summed E-state index contributed by atoms with van der Waals surface area (Å²) in [4.78, 5) is 6.42. The van der Waals surface area contributed by atoms with E-state index >= 15 is 0 Å². The van der Waals surface area contributed by atoms with Gasteiger partial charge in [-0.3, -0.25) is 9.71 Å². The van der Waals surface area contributed by atoms with Crippen LogP contribution in [0, 0.1) is 13.8 Å². The molecule has 0 unspecified atom stereocenters. The fourth-order valence-corrected chi connectivity index (χ4v) is 6.28. The lowest BCUT2D eigenvalue weighted by molar-refractivity contribution is -0.137. The van der Waals surface area contributed by atoms with Crippen molar-refractivity contribution in [1.82, 2.24) is 14.9 Å². The van der Waals surface area contributed by atoms with Crippen LogP contribution < -0.4 is 19.7 Å². The predicted octanol–water partition coefficient (Wildman–Crippen LogP) is 6.07. The van der Waals surface area contributed by atoms with Crippen LogP contribution in [-0.4, -0.2) is 36.4 Å². The zero-order valence-electron chi connectivity index (χ0n) is 23.1. The highest BCUT2D eigenvalue weighted by Gasteiger charge is 2.42. The van der Waals surface area contributed by atoms with E-state index in [4.69, 9.17) is 17.0 Å². The van der Waals surface area contributed by atoms with Gasteiger partial charge in [0.15, 0.2) is 5.11 Å². The van der Waals surface area contributed by atoms with E-state index in [1.54, 1.807) is 41.1 Å². The summed E-state index contributed by atoms with van der Waals surface area (Å²) in [6.07, 6.45) is -1.76. The van der Waals surface area contributed by atoms with Crippen LogP contribution >= 0.6 is 12.2 Å². The third kappa shape index (κ3) is 5.66. The highest BCUT2D eigenvalue weighted by molar-refractivity contribution is 7.92. The Bertz CT molecular complexity index is 1760. The number of methoxy groups -OCH3 is 1. The predicted molar refractivity (Wildman–Crippen MR) is 160 cm³/mol. The van der Waals surface area contributed by atoms with Gasteiger partial charge in [0.25, 0.3) is 0 Å². The maximum atomic E-state index is 13.5. The van der Waals surface area contributed by atoms with Crippen molar-refractivity contribution in [3.05, 3.63) is 101 Å². The summed E-state index contributed by atoms with van der Waals surface area (Å²) in [5.74, 6) is 0.322. The number of thiocarbonyl (C=S) groups is 1. The molecule has 3 heterocycles. The third-order valence-electron chi connectivity index (χ3n) is 7.08. The molecule has 2 aromatic carbocycles. The van der Waals surface area contributed by atoms with Crippen LogP contribution in [-0.2, 0) is 16.2 Å². The number of benzene rings is 2. The van der Waals surface area contributed by atoms with Crippen molar-refractivity contribution in [2.75, 3.05) is 23.0 Å². The van der Waals surface area contributed by atoms with Gasteiger partial charge in [0.1, 0.15) is 5.75 Å². The van der Waals surface area contributed by atoms with E-state index in [1.165, 1.54) is 13.2 Å². The van der Waals surface area contributed by atoms with Gasteiger partial charge in [-0.15, -0.1) is 0 Å². The highest BCUT2D eigenvalue weighted by Crippen LogP contribution is 2.45. The minimum atomic E-state index is -4.48. The van der Waals surface area contributed by atoms with Gasteiger partial charge >= 0.3 is 6.18 Å². The second-order valence-electron chi connectivity index (χ2n) is 9.97. The Labute approximate surface area is 247 Å². The first-order chi connectivity index (χ1) is 19.8. The molecule has 220 valence electrons. The number of alkyl halides is 3. The summed E-state index contributed by atoms with van der Waals surface area (Å²) < 4.78 is 74.5. The molecule has 0 bridgehead atoms. The molecule has 1 aliphatic heterocycles. The first-order valence-electron chi connectivity index (χ1n) is 12.8. The molecule has 0 amide bonds. The van der Waals surface area contributed by atoms with Gasteiger partial charge in [-0.1, -0.05) is 12.1 Å². The topological polar surface area (TPSA) is 88.5 Å². The van der Waals surface area contributed by atoms with E-state index in [2.05, 4.69) is 15.0 Å².